The van der Waals surface area contributed by atoms with Gasteiger partial charge in [0.1, 0.15) is 23.3 Å². The highest BCUT2D eigenvalue weighted by Crippen LogP contribution is 2.43. The van der Waals surface area contributed by atoms with Crippen molar-refractivity contribution in [3.8, 4) is 17.2 Å². The second-order valence-electron chi connectivity index (χ2n) is 18.3. The van der Waals surface area contributed by atoms with E-state index in [2.05, 4.69) is 26.8 Å². The van der Waals surface area contributed by atoms with Gasteiger partial charge in [-0.1, -0.05) is 110 Å². The van der Waals surface area contributed by atoms with Crippen LogP contribution in [0.1, 0.15) is 184 Å². The Morgan fingerprint density at radius 1 is 0.417 bits per heavy atom. The minimum absolute atomic E-state index is 0.0185. The number of quaternary nitrogens is 1. The zero-order chi connectivity index (χ0) is 53.3. The van der Waals surface area contributed by atoms with Gasteiger partial charge in [-0.3, -0.25) is 0 Å². The van der Waals surface area contributed by atoms with Gasteiger partial charge in [0.2, 0.25) is 0 Å². The Labute approximate surface area is 419 Å². The number of hydrogen-bond acceptors (Lipinski definition) is 3. The normalized spacial score (nSPS) is 12.8. The molecule has 0 aliphatic rings. The number of rotatable bonds is 30. The summed E-state index contributed by atoms with van der Waals surface area (Å²) in [6.45, 7) is 10.7. The molecule has 0 N–H and O–H groups in total. The average Bonchev–Trinajstić information content (AvgIpc) is 3.32. The van der Waals surface area contributed by atoms with Gasteiger partial charge in [-0.15, -0.1) is 0 Å². The molecular weight excluding hydrogens is 961 g/mol. The van der Waals surface area contributed by atoms with Crippen LogP contribution in [0.3, 0.4) is 0 Å². The van der Waals surface area contributed by atoms with Crippen molar-refractivity contribution < 1.29 is 71.1 Å². The van der Waals surface area contributed by atoms with Crippen LogP contribution in [-0.2, 0) is 24.7 Å². The van der Waals surface area contributed by atoms with Crippen LogP contribution < -0.4 is 14.0 Å². The highest BCUT2D eigenvalue weighted by Gasteiger charge is 2.42. The van der Waals surface area contributed by atoms with Gasteiger partial charge in [0.25, 0.3) is 0 Å². The third kappa shape index (κ3) is 21.9. The third-order valence-electron chi connectivity index (χ3n) is 12.7. The van der Waals surface area contributed by atoms with Crippen molar-refractivity contribution in [2.75, 3.05) is 19.6 Å². The predicted molar refractivity (Wildman–Crippen MR) is 260 cm³/mol. The van der Waals surface area contributed by atoms with E-state index in [1.54, 1.807) is 0 Å². The second-order valence-corrected chi connectivity index (χ2v) is 18.3. The zero-order valence-corrected chi connectivity index (χ0v) is 42.1. The van der Waals surface area contributed by atoms with Crippen LogP contribution in [0.15, 0.2) is 91.0 Å². The van der Waals surface area contributed by atoms with E-state index in [1.165, 1.54) is 18.2 Å². The van der Waals surface area contributed by atoms with E-state index in [1.807, 2.05) is 6.92 Å². The summed E-state index contributed by atoms with van der Waals surface area (Å²) < 4.78 is 179. The lowest BCUT2D eigenvalue weighted by Gasteiger charge is -2.46. The first-order valence-corrected chi connectivity index (χ1v) is 25.5. The van der Waals surface area contributed by atoms with E-state index in [0.717, 1.165) is 208 Å². The average molecular weight is 1030 g/mol. The summed E-state index contributed by atoms with van der Waals surface area (Å²) in [6.07, 6.45) is 1.30. The predicted octanol–water partition coefficient (Wildman–Crippen LogP) is 19.1. The Balaban J connectivity index is 0.00000121. The Kier molecular flexibility index (Phi) is 26.3. The van der Waals surface area contributed by atoms with Gasteiger partial charge in [-0.05, 0) is 105 Å². The summed E-state index contributed by atoms with van der Waals surface area (Å²) in [4.78, 5) is 0. The first kappa shape index (κ1) is 61.8. The van der Waals surface area contributed by atoms with E-state index in [0.29, 0.717) is 16.5 Å². The van der Waals surface area contributed by atoms with Crippen LogP contribution in [-0.4, -0.2) is 31.4 Å². The fraction of sp³-hybridized carbons (Fsp3) is 0.564. The van der Waals surface area contributed by atoms with Crippen molar-refractivity contribution in [1.29, 1.82) is 0 Å². The smallest absolute Gasteiger partial charge is 0.490 e. The first-order chi connectivity index (χ1) is 34.1. The number of alkyl halides is 12. The maximum atomic E-state index is 14.6. The van der Waals surface area contributed by atoms with Gasteiger partial charge in [0.05, 0.1) is 41.9 Å². The Morgan fingerprint density at radius 2 is 0.750 bits per heavy atom. The van der Waals surface area contributed by atoms with E-state index >= 15 is 0 Å². The van der Waals surface area contributed by atoms with Crippen molar-refractivity contribution in [3.05, 3.63) is 125 Å². The van der Waals surface area contributed by atoms with Crippen molar-refractivity contribution >= 4 is 7.32 Å². The van der Waals surface area contributed by atoms with Crippen molar-refractivity contribution in [2.45, 2.75) is 180 Å². The minimum Gasteiger partial charge on any atom is -0.490 e. The summed E-state index contributed by atoms with van der Waals surface area (Å²) in [5, 5.41) is 0. The van der Waals surface area contributed by atoms with Crippen molar-refractivity contribution in [3.63, 3.8) is 0 Å². The Morgan fingerprint density at radius 3 is 1.08 bits per heavy atom. The molecule has 72 heavy (non-hydrogen) atoms. The van der Waals surface area contributed by atoms with Crippen LogP contribution in [0.5, 0.6) is 17.2 Å². The molecule has 4 nitrogen and oxygen atoms in total. The molecule has 4 aromatic carbocycles. The van der Waals surface area contributed by atoms with Crippen LogP contribution >= 0.6 is 0 Å². The molecule has 0 bridgehead atoms. The molecule has 0 saturated heterocycles. The molecule has 4 aromatic rings. The van der Waals surface area contributed by atoms with Crippen LogP contribution in [0.25, 0.3) is 0 Å². The van der Waals surface area contributed by atoms with E-state index in [-0.39, 0.29) is 17.2 Å². The molecule has 1 unspecified atom stereocenters. The van der Waals surface area contributed by atoms with Crippen molar-refractivity contribution in [1.82, 2.24) is 0 Å². The Bertz CT molecular complexity index is 1960. The molecule has 0 radical (unpaired) electrons. The molecule has 0 aliphatic heterocycles. The molecule has 1 atom stereocenters. The number of hydrogen-bond donors (Lipinski definition) is 0. The SMILES string of the molecule is CCCCCCCC[N+](CCCCCCCC)(CCCCCCCC)C(CC)c1cc(C(F)(F)F)ccc1OB(Oc1ccc(C(F)(F)F)cc1)Oc1ccc(C(F)(F)F)cc1.FC(F)(F)c1cc[c-]cc1. The highest BCUT2D eigenvalue weighted by molar-refractivity contribution is 6.39. The van der Waals surface area contributed by atoms with Gasteiger partial charge < -0.3 is 18.4 Å². The first-order valence-electron chi connectivity index (χ1n) is 25.5. The lowest BCUT2D eigenvalue weighted by Crippen LogP contribution is -2.52. The number of unbranched alkanes of at least 4 members (excludes halogenated alkanes) is 15. The molecule has 0 saturated carbocycles. The molecule has 0 spiro atoms. The summed E-state index contributed by atoms with van der Waals surface area (Å²) in [5.41, 5.74) is -3.10. The second kappa shape index (κ2) is 30.6. The third-order valence-corrected chi connectivity index (χ3v) is 12.7. The molecule has 0 aromatic heterocycles. The van der Waals surface area contributed by atoms with Crippen LogP contribution in [0, 0.1) is 6.07 Å². The number of benzene rings is 4. The lowest BCUT2D eigenvalue weighted by atomic mass is 9.93. The van der Waals surface area contributed by atoms with Gasteiger partial charge in [-0.2, -0.15) is 83.0 Å². The molecule has 0 heterocycles. The molecule has 0 fully saturated rings. The molecular formula is C55H72BF12NO3. The fourth-order valence-corrected chi connectivity index (χ4v) is 8.84. The molecule has 0 aliphatic carbocycles. The monoisotopic (exact) mass is 1030 g/mol. The molecule has 17 heteroatoms. The van der Waals surface area contributed by atoms with E-state index in [4.69, 9.17) is 14.0 Å². The van der Waals surface area contributed by atoms with Gasteiger partial charge in [-0.25, -0.2) is 0 Å². The topological polar surface area (TPSA) is 27.7 Å². The largest absolute Gasteiger partial charge is 0.864 e. The fourth-order valence-electron chi connectivity index (χ4n) is 8.84. The van der Waals surface area contributed by atoms with E-state index < -0.39 is 60.3 Å². The maximum absolute atomic E-state index is 14.6. The molecule has 0 amide bonds. The van der Waals surface area contributed by atoms with Crippen molar-refractivity contribution in [2.24, 2.45) is 0 Å². The lowest BCUT2D eigenvalue weighted by molar-refractivity contribution is -0.958. The summed E-state index contributed by atoms with van der Waals surface area (Å²) in [6, 6.07) is 17.1. The summed E-state index contributed by atoms with van der Waals surface area (Å²) in [5.74, 6) is -0.241. The summed E-state index contributed by atoms with van der Waals surface area (Å²) in [7, 11) is -1.82. The molecule has 402 valence electrons. The van der Waals surface area contributed by atoms with Crippen LogP contribution in [0.4, 0.5) is 52.7 Å². The standard InChI is InChI=1S/C48H68BF9NO3.C7H4F3/c1-5-9-12-15-18-21-34-59(35-22-19-16-13-10-6-2,36-23-20-17-14-11-7-3)44(8-4)43-37-40(48(56,57)58)28-33-45(43)62-49(60-41-29-24-38(25-30-41)46(50,51)52)61-42-31-26-39(27-32-42)47(53,54)55;8-7(9,10)6-4-2-1-3-5-6/h24-33,37,44H,5-23,34-36H2,1-4H3;2-5H/q+1;-1. The quantitative estimate of drug-likeness (QED) is 0.0171. The van der Waals surface area contributed by atoms with Gasteiger partial charge >= 0.3 is 32.0 Å². The number of nitrogens with zero attached hydrogens (tertiary/aromatic N) is 1. The van der Waals surface area contributed by atoms with Gasteiger partial charge in [0, 0.05) is 6.42 Å². The minimum atomic E-state index is -4.69. The summed E-state index contributed by atoms with van der Waals surface area (Å²) >= 11 is 0. The Hall–Kier alpha value is -4.54. The molecule has 4 rings (SSSR count). The highest BCUT2D eigenvalue weighted by atomic mass is 19.4. The number of halogens is 12. The zero-order valence-electron chi connectivity index (χ0n) is 42.1. The van der Waals surface area contributed by atoms with Gasteiger partial charge in [0.15, 0.2) is 0 Å². The van der Waals surface area contributed by atoms with Crippen LogP contribution in [0.2, 0.25) is 0 Å². The van der Waals surface area contributed by atoms with E-state index in [9.17, 15) is 52.7 Å². The maximum Gasteiger partial charge on any atom is 0.864 e.